The van der Waals surface area contributed by atoms with Crippen LogP contribution in [0.15, 0.2) is 36.4 Å². The van der Waals surface area contributed by atoms with E-state index in [2.05, 4.69) is 55.7 Å². The summed E-state index contributed by atoms with van der Waals surface area (Å²) in [4.78, 5) is 0. The molecule has 0 fully saturated rings. The molecule has 0 aliphatic heterocycles. The number of aromatic nitrogens is 1. The van der Waals surface area contributed by atoms with Gasteiger partial charge in [0.2, 0.25) is 0 Å². The fraction of sp³-hybridized carbons (Fsp3) is 0.375. The first kappa shape index (κ1) is 12.9. The van der Waals surface area contributed by atoms with E-state index >= 15 is 0 Å². The first-order chi connectivity index (χ1) is 8.69. The molecule has 2 N–H and O–H groups in total. The van der Waals surface area contributed by atoms with E-state index in [1.165, 1.54) is 22.5 Å². The van der Waals surface area contributed by atoms with Crippen LogP contribution in [0.4, 0.5) is 0 Å². The number of aryl methyl sites for hydroxylation is 1. The number of hydrogen-bond donors (Lipinski definition) is 1. The summed E-state index contributed by atoms with van der Waals surface area (Å²) in [5.41, 5.74) is 11.3. The molecule has 1 heterocycles. The van der Waals surface area contributed by atoms with E-state index in [-0.39, 0.29) is 0 Å². The highest BCUT2D eigenvalue weighted by Gasteiger charge is 2.18. The van der Waals surface area contributed by atoms with E-state index in [1.807, 2.05) is 6.07 Å². The van der Waals surface area contributed by atoms with Gasteiger partial charge in [-0.3, -0.25) is 0 Å². The Bertz CT molecular complexity index is 511. The smallest absolute Gasteiger partial charge is 0.0230 e. The Labute approximate surface area is 109 Å². The van der Waals surface area contributed by atoms with Crippen LogP contribution in [0, 0.1) is 13.8 Å². The van der Waals surface area contributed by atoms with Gasteiger partial charge in [0, 0.05) is 30.4 Å². The lowest BCUT2D eigenvalue weighted by atomic mass is 9.91. The van der Waals surface area contributed by atoms with Crippen LogP contribution < -0.4 is 5.73 Å². The molecule has 1 unspecified atom stereocenters. The van der Waals surface area contributed by atoms with Crippen LogP contribution in [0.5, 0.6) is 0 Å². The predicted molar refractivity (Wildman–Crippen MR) is 76.9 cm³/mol. The van der Waals surface area contributed by atoms with Crippen LogP contribution >= 0.6 is 0 Å². The van der Waals surface area contributed by atoms with Crippen molar-refractivity contribution in [2.45, 2.75) is 33.2 Å². The van der Waals surface area contributed by atoms with Crippen LogP contribution in [0.1, 0.15) is 35.4 Å². The first-order valence-electron chi connectivity index (χ1n) is 6.60. The van der Waals surface area contributed by atoms with Gasteiger partial charge in [0.25, 0.3) is 0 Å². The number of hydrogen-bond acceptors (Lipinski definition) is 1. The number of nitrogens with two attached hydrogens (primary N) is 1. The maximum Gasteiger partial charge on any atom is 0.0230 e. The molecule has 1 aromatic carbocycles. The van der Waals surface area contributed by atoms with Crippen molar-refractivity contribution < 1.29 is 0 Å². The molecule has 0 spiro atoms. The molecule has 0 saturated heterocycles. The Kier molecular flexibility index (Phi) is 3.87. The summed E-state index contributed by atoms with van der Waals surface area (Å²) < 4.78 is 2.35. The van der Waals surface area contributed by atoms with E-state index in [0.29, 0.717) is 12.5 Å². The van der Waals surface area contributed by atoms with E-state index in [0.717, 1.165) is 6.54 Å². The zero-order chi connectivity index (χ0) is 13.1. The van der Waals surface area contributed by atoms with Gasteiger partial charge in [0.1, 0.15) is 0 Å². The van der Waals surface area contributed by atoms with Crippen molar-refractivity contribution >= 4 is 0 Å². The van der Waals surface area contributed by atoms with Crippen molar-refractivity contribution in [1.29, 1.82) is 0 Å². The molecule has 2 heteroatoms. The van der Waals surface area contributed by atoms with Crippen molar-refractivity contribution in [3.05, 3.63) is 58.9 Å². The average molecular weight is 242 g/mol. The third kappa shape index (κ3) is 2.21. The summed E-state index contributed by atoms with van der Waals surface area (Å²) in [7, 11) is 0. The highest BCUT2D eigenvalue weighted by atomic mass is 15.0. The monoisotopic (exact) mass is 242 g/mol. The highest BCUT2D eigenvalue weighted by molar-refractivity contribution is 5.38. The lowest BCUT2D eigenvalue weighted by Crippen LogP contribution is -2.14. The topological polar surface area (TPSA) is 30.9 Å². The fourth-order valence-electron chi connectivity index (χ4n) is 2.80. The molecular formula is C16H22N2. The molecule has 0 aliphatic carbocycles. The van der Waals surface area contributed by atoms with Gasteiger partial charge in [-0.2, -0.15) is 0 Å². The number of nitrogens with zero attached hydrogens (tertiary/aromatic N) is 1. The molecule has 1 atom stereocenters. The fourth-order valence-corrected chi connectivity index (χ4v) is 2.80. The summed E-state index contributed by atoms with van der Waals surface area (Å²) in [5, 5.41) is 0. The molecule has 96 valence electrons. The van der Waals surface area contributed by atoms with Gasteiger partial charge >= 0.3 is 0 Å². The van der Waals surface area contributed by atoms with Gasteiger partial charge in [-0.15, -0.1) is 0 Å². The van der Waals surface area contributed by atoms with Gasteiger partial charge in [0.05, 0.1) is 0 Å². The second-order valence-corrected chi connectivity index (χ2v) is 4.77. The van der Waals surface area contributed by atoms with E-state index in [4.69, 9.17) is 5.73 Å². The van der Waals surface area contributed by atoms with Crippen LogP contribution in [-0.2, 0) is 6.54 Å². The Hall–Kier alpha value is -1.54. The number of benzene rings is 1. The molecule has 0 amide bonds. The summed E-state index contributed by atoms with van der Waals surface area (Å²) >= 11 is 0. The molecule has 1 aromatic heterocycles. The minimum Gasteiger partial charge on any atom is -0.349 e. The summed E-state index contributed by atoms with van der Waals surface area (Å²) in [6, 6.07) is 12.8. The van der Waals surface area contributed by atoms with Crippen LogP contribution in [0.2, 0.25) is 0 Å². The zero-order valence-electron chi connectivity index (χ0n) is 11.5. The van der Waals surface area contributed by atoms with Crippen LogP contribution in [0.3, 0.4) is 0 Å². The van der Waals surface area contributed by atoms with E-state index < -0.39 is 0 Å². The SMILES string of the molecule is CCn1c(C)cc(C(CN)c2ccccc2)c1C. The van der Waals surface area contributed by atoms with E-state index in [1.54, 1.807) is 0 Å². The summed E-state index contributed by atoms with van der Waals surface area (Å²) in [6.07, 6.45) is 0. The van der Waals surface area contributed by atoms with Gasteiger partial charge in [-0.1, -0.05) is 30.3 Å². The average Bonchev–Trinajstić information content (AvgIpc) is 2.67. The van der Waals surface area contributed by atoms with Crippen molar-refractivity contribution in [2.24, 2.45) is 5.73 Å². The molecule has 2 rings (SSSR count). The normalized spacial score (nSPS) is 12.7. The Morgan fingerprint density at radius 2 is 1.83 bits per heavy atom. The Morgan fingerprint density at radius 1 is 1.17 bits per heavy atom. The van der Waals surface area contributed by atoms with Crippen molar-refractivity contribution in [2.75, 3.05) is 6.54 Å². The minimum atomic E-state index is 0.303. The lowest BCUT2D eigenvalue weighted by molar-refractivity contribution is 0.707. The molecule has 0 radical (unpaired) electrons. The maximum atomic E-state index is 6.00. The first-order valence-corrected chi connectivity index (χ1v) is 6.60. The third-order valence-electron chi connectivity index (χ3n) is 3.74. The molecule has 0 saturated carbocycles. The van der Waals surface area contributed by atoms with Crippen LogP contribution in [-0.4, -0.2) is 11.1 Å². The second kappa shape index (κ2) is 5.40. The molecule has 0 aliphatic rings. The largest absolute Gasteiger partial charge is 0.349 e. The zero-order valence-corrected chi connectivity index (χ0v) is 11.5. The van der Waals surface area contributed by atoms with Gasteiger partial charge in [-0.25, -0.2) is 0 Å². The number of rotatable bonds is 4. The molecule has 2 nitrogen and oxygen atoms in total. The molecule has 2 aromatic rings. The Balaban J connectivity index is 2.46. The molecule has 18 heavy (non-hydrogen) atoms. The Morgan fingerprint density at radius 3 is 2.33 bits per heavy atom. The van der Waals surface area contributed by atoms with Crippen molar-refractivity contribution in [3.63, 3.8) is 0 Å². The van der Waals surface area contributed by atoms with E-state index in [9.17, 15) is 0 Å². The quantitative estimate of drug-likeness (QED) is 0.877. The van der Waals surface area contributed by atoms with Gasteiger partial charge < -0.3 is 10.3 Å². The van der Waals surface area contributed by atoms with Crippen molar-refractivity contribution in [3.8, 4) is 0 Å². The van der Waals surface area contributed by atoms with Crippen LogP contribution in [0.25, 0.3) is 0 Å². The highest BCUT2D eigenvalue weighted by Crippen LogP contribution is 2.28. The summed E-state index contributed by atoms with van der Waals surface area (Å²) in [5.74, 6) is 0.303. The predicted octanol–water partition coefficient (Wildman–Crippen LogP) is 3.22. The minimum absolute atomic E-state index is 0.303. The second-order valence-electron chi connectivity index (χ2n) is 4.77. The maximum absolute atomic E-state index is 6.00. The molecular weight excluding hydrogens is 220 g/mol. The molecule has 0 bridgehead atoms. The lowest BCUT2D eigenvalue weighted by Gasteiger charge is -2.16. The van der Waals surface area contributed by atoms with Gasteiger partial charge in [-0.05, 0) is 38.0 Å². The van der Waals surface area contributed by atoms with Crippen molar-refractivity contribution in [1.82, 2.24) is 4.57 Å². The standard InChI is InChI=1S/C16H22N2/c1-4-18-12(2)10-15(13(18)3)16(11-17)14-8-6-5-7-9-14/h5-10,16H,4,11,17H2,1-3H3. The van der Waals surface area contributed by atoms with Gasteiger partial charge in [0.15, 0.2) is 0 Å². The third-order valence-corrected chi connectivity index (χ3v) is 3.74. The summed E-state index contributed by atoms with van der Waals surface area (Å²) in [6.45, 7) is 8.21.